The Kier molecular flexibility index (Phi) is 4.98. The molecule has 1 aromatic carbocycles. The summed E-state index contributed by atoms with van der Waals surface area (Å²) in [5.41, 5.74) is 2.03. The van der Waals surface area contributed by atoms with Crippen LogP contribution in [0.25, 0.3) is 0 Å². The molecule has 0 aliphatic rings. The van der Waals surface area contributed by atoms with Gasteiger partial charge in [0.25, 0.3) is 0 Å². The van der Waals surface area contributed by atoms with Crippen LogP contribution in [-0.4, -0.2) is 12.1 Å². The standard InChI is InChI=1S/C16H26N2O/c1-11(2)12(3)17-15(19)18-14-10-8-7-9-13(14)16(4,5)6/h7-12H,1-6H3,(H2,17,18,19)/t12-/m1/s1. The minimum atomic E-state index is -0.141. The lowest BCUT2D eigenvalue weighted by atomic mass is 9.86. The fraction of sp³-hybridized carbons (Fsp3) is 0.562. The Morgan fingerprint density at radius 2 is 1.68 bits per heavy atom. The molecule has 1 atom stereocenters. The minimum Gasteiger partial charge on any atom is -0.335 e. The molecule has 2 amide bonds. The Bertz CT molecular complexity index is 433. The maximum Gasteiger partial charge on any atom is 0.319 e. The van der Waals surface area contributed by atoms with Crippen LogP contribution in [0.1, 0.15) is 47.1 Å². The number of urea groups is 1. The van der Waals surface area contributed by atoms with Crippen molar-refractivity contribution in [3.63, 3.8) is 0 Å². The summed E-state index contributed by atoms with van der Waals surface area (Å²) in [6, 6.07) is 7.96. The van der Waals surface area contributed by atoms with E-state index in [1.165, 1.54) is 0 Å². The van der Waals surface area contributed by atoms with E-state index in [0.717, 1.165) is 11.3 Å². The number of hydrogen-bond acceptors (Lipinski definition) is 1. The van der Waals surface area contributed by atoms with Crippen LogP contribution in [-0.2, 0) is 5.41 Å². The summed E-state index contributed by atoms with van der Waals surface area (Å²) in [5.74, 6) is 0.420. The third-order valence-electron chi connectivity index (χ3n) is 3.34. The molecule has 0 aliphatic heterocycles. The van der Waals surface area contributed by atoms with Crippen molar-refractivity contribution >= 4 is 11.7 Å². The van der Waals surface area contributed by atoms with Crippen LogP contribution in [0.5, 0.6) is 0 Å². The van der Waals surface area contributed by atoms with Crippen molar-refractivity contribution < 1.29 is 4.79 Å². The van der Waals surface area contributed by atoms with Crippen molar-refractivity contribution in [1.29, 1.82) is 0 Å². The van der Waals surface area contributed by atoms with Gasteiger partial charge in [-0.15, -0.1) is 0 Å². The van der Waals surface area contributed by atoms with E-state index in [0.29, 0.717) is 5.92 Å². The number of rotatable bonds is 3. The van der Waals surface area contributed by atoms with Gasteiger partial charge in [-0.05, 0) is 29.9 Å². The number of carbonyl (C=O) groups excluding carboxylic acids is 1. The van der Waals surface area contributed by atoms with Crippen LogP contribution in [0.15, 0.2) is 24.3 Å². The monoisotopic (exact) mass is 262 g/mol. The number of carbonyl (C=O) groups is 1. The number of nitrogens with one attached hydrogen (secondary N) is 2. The SMILES string of the molecule is CC(C)[C@@H](C)NC(=O)Nc1ccccc1C(C)(C)C. The molecule has 0 radical (unpaired) electrons. The first kappa shape index (κ1) is 15.5. The molecule has 0 saturated heterocycles. The summed E-state index contributed by atoms with van der Waals surface area (Å²) in [5, 5.41) is 5.91. The highest BCUT2D eigenvalue weighted by molar-refractivity contribution is 5.90. The first-order valence-corrected chi connectivity index (χ1v) is 6.89. The van der Waals surface area contributed by atoms with Gasteiger partial charge in [-0.25, -0.2) is 4.79 Å². The molecule has 0 aromatic heterocycles. The van der Waals surface area contributed by atoms with E-state index < -0.39 is 0 Å². The van der Waals surface area contributed by atoms with Gasteiger partial charge in [0.15, 0.2) is 0 Å². The maximum absolute atomic E-state index is 12.0. The molecule has 0 spiro atoms. The minimum absolute atomic E-state index is 0.00748. The van der Waals surface area contributed by atoms with Gasteiger partial charge >= 0.3 is 6.03 Å². The summed E-state index contributed by atoms with van der Waals surface area (Å²) in [6.45, 7) is 12.6. The van der Waals surface area contributed by atoms with E-state index in [-0.39, 0.29) is 17.5 Å². The van der Waals surface area contributed by atoms with E-state index in [2.05, 4.69) is 51.3 Å². The van der Waals surface area contributed by atoms with E-state index in [4.69, 9.17) is 0 Å². The summed E-state index contributed by atoms with van der Waals surface area (Å²) in [4.78, 5) is 12.0. The Balaban J connectivity index is 2.80. The average molecular weight is 262 g/mol. The molecule has 3 heteroatoms. The number of hydrogen-bond donors (Lipinski definition) is 2. The Hall–Kier alpha value is -1.51. The van der Waals surface area contributed by atoms with Crippen LogP contribution in [0.4, 0.5) is 10.5 Å². The molecule has 0 saturated carbocycles. The predicted molar refractivity (Wildman–Crippen MR) is 81.6 cm³/mol. The Morgan fingerprint density at radius 1 is 1.11 bits per heavy atom. The Labute approximate surface area is 116 Å². The van der Waals surface area contributed by atoms with E-state index in [9.17, 15) is 4.79 Å². The number of benzene rings is 1. The third kappa shape index (κ3) is 4.58. The van der Waals surface area contributed by atoms with E-state index in [1.807, 2.05) is 25.1 Å². The van der Waals surface area contributed by atoms with Crippen LogP contribution in [0, 0.1) is 5.92 Å². The summed E-state index contributed by atoms with van der Waals surface area (Å²) >= 11 is 0. The van der Waals surface area contributed by atoms with Crippen molar-refractivity contribution in [2.24, 2.45) is 5.92 Å². The average Bonchev–Trinajstić information content (AvgIpc) is 2.27. The molecule has 1 rings (SSSR count). The van der Waals surface area contributed by atoms with Gasteiger partial charge in [-0.2, -0.15) is 0 Å². The second kappa shape index (κ2) is 6.09. The number of amides is 2. The zero-order valence-electron chi connectivity index (χ0n) is 12.9. The predicted octanol–water partition coefficient (Wildman–Crippen LogP) is 4.15. The van der Waals surface area contributed by atoms with Crippen molar-refractivity contribution in [2.45, 2.75) is 53.0 Å². The smallest absolute Gasteiger partial charge is 0.319 e. The molecule has 0 heterocycles. The summed E-state index contributed by atoms with van der Waals surface area (Å²) in [6.07, 6.45) is 0. The van der Waals surface area contributed by atoms with Gasteiger partial charge in [0, 0.05) is 11.7 Å². The largest absolute Gasteiger partial charge is 0.335 e. The number of anilines is 1. The van der Waals surface area contributed by atoms with Crippen molar-refractivity contribution in [1.82, 2.24) is 5.32 Å². The molecule has 3 nitrogen and oxygen atoms in total. The summed E-state index contributed by atoms with van der Waals surface area (Å²) in [7, 11) is 0. The van der Waals surface area contributed by atoms with Gasteiger partial charge in [0.2, 0.25) is 0 Å². The fourth-order valence-electron chi connectivity index (χ4n) is 1.78. The first-order valence-electron chi connectivity index (χ1n) is 6.89. The molecule has 19 heavy (non-hydrogen) atoms. The van der Waals surface area contributed by atoms with E-state index in [1.54, 1.807) is 0 Å². The number of para-hydroxylation sites is 1. The molecule has 0 unspecified atom stereocenters. The summed E-state index contributed by atoms with van der Waals surface area (Å²) < 4.78 is 0. The van der Waals surface area contributed by atoms with Crippen LogP contribution in [0.2, 0.25) is 0 Å². The quantitative estimate of drug-likeness (QED) is 0.844. The van der Waals surface area contributed by atoms with E-state index >= 15 is 0 Å². The highest BCUT2D eigenvalue weighted by Crippen LogP contribution is 2.29. The molecule has 0 bridgehead atoms. The topological polar surface area (TPSA) is 41.1 Å². The van der Waals surface area contributed by atoms with Crippen LogP contribution < -0.4 is 10.6 Å². The Morgan fingerprint density at radius 3 is 2.21 bits per heavy atom. The highest BCUT2D eigenvalue weighted by atomic mass is 16.2. The van der Waals surface area contributed by atoms with Crippen molar-refractivity contribution in [2.75, 3.05) is 5.32 Å². The van der Waals surface area contributed by atoms with Gasteiger partial charge in [-0.1, -0.05) is 52.8 Å². The zero-order chi connectivity index (χ0) is 14.6. The van der Waals surface area contributed by atoms with Gasteiger partial charge in [0.1, 0.15) is 0 Å². The zero-order valence-corrected chi connectivity index (χ0v) is 12.9. The molecule has 2 N–H and O–H groups in total. The molecular formula is C16H26N2O. The fourth-order valence-corrected chi connectivity index (χ4v) is 1.78. The molecule has 0 aliphatic carbocycles. The lowest BCUT2D eigenvalue weighted by Crippen LogP contribution is -2.39. The third-order valence-corrected chi connectivity index (χ3v) is 3.34. The van der Waals surface area contributed by atoms with Gasteiger partial charge in [0.05, 0.1) is 0 Å². The molecular weight excluding hydrogens is 236 g/mol. The highest BCUT2D eigenvalue weighted by Gasteiger charge is 2.19. The molecule has 0 fully saturated rings. The normalized spacial score (nSPS) is 13.2. The maximum atomic E-state index is 12.0. The van der Waals surface area contributed by atoms with Crippen LogP contribution in [0.3, 0.4) is 0 Å². The molecule has 1 aromatic rings. The van der Waals surface area contributed by atoms with Gasteiger partial charge in [-0.3, -0.25) is 0 Å². The van der Waals surface area contributed by atoms with Crippen LogP contribution >= 0.6 is 0 Å². The van der Waals surface area contributed by atoms with Gasteiger partial charge < -0.3 is 10.6 Å². The molecule has 106 valence electrons. The van der Waals surface area contributed by atoms with Crippen molar-refractivity contribution in [3.05, 3.63) is 29.8 Å². The van der Waals surface area contributed by atoms with Crippen molar-refractivity contribution in [3.8, 4) is 0 Å². The lowest BCUT2D eigenvalue weighted by molar-refractivity contribution is 0.246. The lowest BCUT2D eigenvalue weighted by Gasteiger charge is -2.24. The second-order valence-electron chi connectivity index (χ2n) is 6.43. The first-order chi connectivity index (χ1) is 8.71. The second-order valence-corrected chi connectivity index (χ2v) is 6.43.